The molecule has 2 unspecified atom stereocenters. The van der Waals surface area contributed by atoms with Crippen LogP contribution in [0.15, 0.2) is 102 Å². The van der Waals surface area contributed by atoms with Gasteiger partial charge in [-0.3, -0.25) is 4.79 Å². The maximum Gasteiger partial charge on any atom is 0.308 e. The van der Waals surface area contributed by atoms with Crippen molar-refractivity contribution < 1.29 is 36.2 Å². The molecule has 3 aliphatic rings. The molecule has 0 radical (unpaired) electrons. The molecule has 0 aliphatic heterocycles. The number of ether oxygens (including phenoxy) is 1. The zero-order valence-corrected chi connectivity index (χ0v) is 30.2. The van der Waals surface area contributed by atoms with Crippen molar-refractivity contribution in [3.63, 3.8) is 0 Å². The maximum atomic E-state index is 17.1. The van der Waals surface area contributed by atoms with Gasteiger partial charge >= 0.3 is 5.97 Å². The number of anilines is 1. The van der Waals surface area contributed by atoms with E-state index in [9.17, 15) is 23.6 Å². The first-order valence-electron chi connectivity index (χ1n) is 17.7. The average Bonchev–Trinajstić information content (AvgIpc) is 3.57. The van der Waals surface area contributed by atoms with Gasteiger partial charge in [0.1, 0.15) is 28.9 Å². The normalized spacial score (nSPS) is 19.3. The lowest BCUT2D eigenvalue weighted by molar-refractivity contribution is -0.148. The molecule has 3 saturated carbocycles. The van der Waals surface area contributed by atoms with Crippen LogP contribution in [0.1, 0.15) is 36.8 Å². The number of halogens is 3. The van der Waals surface area contributed by atoms with Gasteiger partial charge in [-0.25, -0.2) is 30.5 Å². The molecular weight excluding hydrogens is 730 g/mol. The first-order valence-corrected chi connectivity index (χ1v) is 19.2. The number of para-hydroxylation sites is 1. The lowest BCUT2D eigenvalue weighted by Gasteiger charge is -2.47. The first-order chi connectivity index (χ1) is 26.4. The van der Waals surface area contributed by atoms with Crippen LogP contribution in [0.4, 0.5) is 19.0 Å². The number of pyridine rings is 1. The number of nitrogens with one attached hydrogen (secondary N) is 1. The van der Waals surface area contributed by atoms with Crippen molar-refractivity contribution in [3.8, 4) is 40.0 Å². The van der Waals surface area contributed by atoms with Gasteiger partial charge in [-0.05, 0) is 92.5 Å². The number of aliphatic carboxylic acids is 1. The predicted molar refractivity (Wildman–Crippen MR) is 199 cm³/mol. The zero-order valence-electron chi connectivity index (χ0n) is 29.3. The molecule has 278 valence electrons. The molecule has 3 aliphatic carbocycles. The lowest BCUT2D eigenvalue weighted by atomic mass is 9.61. The molecule has 9 rings (SSSR count). The number of nitrogens with zero attached hydrogens (tertiary/aromatic N) is 3. The van der Waals surface area contributed by atoms with E-state index in [1.807, 2.05) is 12.1 Å². The number of aromatic nitrogens is 2. The third kappa shape index (κ3) is 6.36. The number of benzene rings is 4. The van der Waals surface area contributed by atoms with Crippen molar-refractivity contribution in [1.29, 1.82) is 5.26 Å². The fraction of sp³-hybridized carbons (Fsp3) is 0.214. The van der Waals surface area contributed by atoms with Gasteiger partial charge in [-0.1, -0.05) is 48.0 Å². The lowest BCUT2D eigenvalue weighted by Crippen LogP contribution is -2.51. The highest BCUT2D eigenvalue weighted by Crippen LogP contribution is 2.48. The average molecular weight is 763 g/mol. The number of carboxylic acid groups (broad SMARTS) is 1. The van der Waals surface area contributed by atoms with E-state index < -0.39 is 50.9 Å². The fourth-order valence-corrected chi connectivity index (χ4v) is 9.54. The van der Waals surface area contributed by atoms with Crippen LogP contribution in [-0.2, 0) is 14.8 Å². The second kappa shape index (κ2) is 13.9. The molecule has 0 saturated heterocycles. The molecule has 6 aromatic rings. The summed E-state index contributed by atoms with van der Waals surface area (Å²) in [6.07, 6.45) is 3.97. The molecule has 2 aromatic heterocycles. The van der Waals surface area contributed by atoms with Gasteiger partial charge in [-0.2, -0.15) is 5.26 Å². The summed E-state index contributed by atoms with van der Waals surface area (Å²) in [6.45, 7) is 1.77. The van der Waals surface area contributed by atoms with E-state index in [-0.39, 0.29) is 55.9 Å². The monoisotopic (exact) mass is 762 g/mol. The topological polar surface area (TPSA) is 134 Å². The van der Waals surface area contributed by atoms with Crippen LogP contribution < -0.4 is 10.1 Å². The largest absolute Gasteiger partial charge is 0.481 e. The molecule has 4 aromatic carbocycles. The Balaban J connectivity index is 1.35. The maximum absolute atomic E-state index is 17.1. The molecule has 0 amide bonds. The van der Waals surface area contributed by atoms with E-state index >= 15 is 13.2 Å². The predicted octanol–water partition coefficient (Wildman–Crippen LogP) is 9.30. The molecule has 2 bridgehead atoms. The standard InChI is InChI=1S/C42H33F3N4O5S/c1-23-7-17-30(18-8-23)55(52,53)49-22-33(31-19-27(43)20-34(44)40(31)49)39-32(21-46)35(24-13-15-29(16-14-24)54-28-5-3-2-4-6-28)37(45)41(48-39)47-38-26-11-9-25(10-12-26)36(38)42(50)51/h2-8,13-20,22,25-26,36,38H,9-12H2,1H3,(H,47,48)(H,50,51). The van der Waals surface area contributed by atoms with Crippen LogP contribution in [-0.4, -0.2) is 34.5 Å². The fourth-order valence-electron chi connectivity index (χ4n) is 8.17. The molecule has 0 spiro atoms. The number of hydrogen-bond donors (Lipinski definition) is 2. The van der Waals surface area contributed by atoms with Crippen LogP contribution in [0.2, 0.25) is 0 Å². The Bertz CT molecular complexity index is 2620. The summed E-state index contributed by atoms with van der Waals surface area (Å²) < 4.78 is 82.6. The molecule has 3 fully saturated rings. The Kier molecular flexibility index (Phi) is 9.09. The van der Waals surface area contributed by atoms with Crippen molar-refractivity contribution in [1.82, 2.24) is 8.96 Å². The van der Waals surface area contributed by atoms with Gasteiger partial charge < -0.3 is 15.2 Å². The second-order valence-corrected chi connectivity index (χ2v) is 15.9. The molecule has 13 heteroatoms. The Morgan fingerprint density at radius 2 is 1.58 bits per heavy atom. The number of carboxylic acids is 1. The van der Waals surface area contributed by atoms with Gasteiger partial charge in [0.2, 0.25) is 0 Å². The third-order valence-corrected chi connectivity index (χ3v) is 12.5. The summed E-state index contributed by atoms with van der Waals surface area (Å²) in [5, 5.41) is 23.8. The Morgan fingerprint density at radius 3 is 2.24 bits per heavy atom. The van der Waals surface area contributed by atoms with Gasteiger partial charge in [0.25, 0.3) is 10.0 Å². The number of nitriles is 1. The smallest absolute Gasteiger partial charge is 0.308 e. The van der Waals surface area contributed by atoms with Gasteiger partial charge in [-0.15, -0.1) is 0 Å². The van der Waals surface area contributed by atoms with Crippen molar-refractivity contribution >= 4 is 32.7 Å². The third-order valence-electron chi connectivity index (χ3n) is 10.8. The van der Waals surface area contributed by atoms with Crippen LogP contribution >= 0.6 is 0 Å². The van der Waals surface area contributed by atoms with Gasteiger partial charge in [0, 0.05) is 34.8 Å². The quantitative estimate of drug-likeness (QED) is 0.149. The molecular formula is C42H33F3N4O5S. The van der Waals surface area contributed by atoms with E-state index in [1.54, 1.807) is 55.5 Å². The highest BCUT2D eigenvalue weighted by molar-refractivity contribution is 7.90. The SMILES string of the molecule is Cc1ccc(S(=O)(=O)n2cc(-c3nc(NC4C5CCC(CC5)C4C(=O)O)c(F)c(-c4ccc(Oc5ccccc5)cc4)c3C#N)c3cc(F)cc(F)c32)cc1. The Hall–Kier alpha value is -6.13. The number of carbonyl (C=O) groups is 1. The highest BCUT2D eigenvalue weighted by atomic mass is 32.2. The van der Waals surface area contributed by atoms with Crippen molar-refractivity contribution in [2.45, 2.75) is 43.5 Å². The van der Waals surface area contributed by atoms with Crippen molar-refractivity contribution in [2.75, 3.05) is 5.32 Å². The Morgan fingerprint density at radius 1 is 0.927 bits per heavy atom. The van der Waals surface area contributed by atoms with Crippen molar-refractivity contribution in [3.05, 3.63) is 126 Å². The summed E-state index contributed by atoms with van der Waals surface area (Å²) >= 11 is 0. The van der Waals surface area contributed by atoms with E-state index in [0.29, 0.717) is 21.5 Å². The number of rotatable bonds is 9. The number of hydrogen-bond acceptors (Lipinski definition) is 7. The van der Waals surface area contributed by atoms with E-state index in [2.05, 4.69) is 10.3 Å². The van der Waals surface area contributed by atoms with Gasteiger partial charge in [0.15, 0.2) is 17.5 Å². The summed E-state index contributed by atoms with van der Waals surface area (Å²) in [4.78, 5) is 17.0. The Labute approximate surface area is 314 Å². The first kappa shape index (κ1) is 35.9. The minimum absolute atomic E-state index is 0.103. The molecule has 2 atom stereocenters. The van der Waals surface area contributed by atoms with E-state index in [4.69, 9.17) is 4.74 Å². The summed E-state index contributed by atoms with van der Waals surface area (Å²) in [6, 6.07) is 23.9. The van der Waals surface area contributed by atoms with Crippen LogP contribution in [0, 0.1) is 53.5 Å². The van der Waals surface area contributed by atoms with E-state index in [0.717, 1.165) is 43.5 Å². The number of fused-ring (bicyclic) bond motifs is 4. The molecule has 55 heavy (non-hydrogen) atoms. The second-order valence-electron chi connectivity index (χ2n) is 14.1. The molecule has 2 N–H and O–H groups in total. The highest BCUT2D eigenvalue weighted by Gasteiger charge is 2.48. The summed E-state index contributed by atoms with van der Waals surface area (Å²) in [7, 11) is -4.51. The minimum Gasteiger partial charge on any atom is -0.481 e. The summed E-state index contributed by atoms with van der Waals surface area (Å²) in [5.41, 5.74) is -0.483. The number of aryl methyl sites for hydroxylation is 1. The summed E-state index contributed by atoms with van der Waals surface area (Å²) in [5.74, 6) is -4.65. The van der Waals surface area contributed by atoms with E-state index in [1.165, 1.54) is 24.3 Å². The molecule has 2 heterocycles. The van der Waals surface area contributed by atoms with Crippen LogP contribution in [0.3, 0.4) is 0 Å². The minimum atomic E-state index is -4.51. The van der Waals surface area contributed by atoms with Crippen LogP contribution in [0.25, 0.3) is 33.3 Å². The zero-order chi connectivity index (χ0) is 38.6. The molecule has 9 nitrogen and oxygen atoms in total. The van der Waals surface area contributed by atoms with Crippen LogP contribution in [0.5, 0.6) is 11.5 Å². The van der Waals surface area contributed by atoms with Gasteiger partial charge in [0.05, 0.1) is 22.1 Å². The van der Waals surface area contributed by atoms with Crippen molar-refractivity contribution in [2.24, 2.45) is 17.8 Å².